The highest BCUT2D eigenvalue weighted by atomic mass is 35.5. The SMILES string of the molecule is CC[C@H](C(=O)NC(C)C)N(Cc1ccccc1Cl)C(=O)CN(c1cc(OC)ccc1OC)S(C)(=O)=O. The van der Waals surface area contributed by atoms with E-state index in [4.69, 9.17) is 21.1 Å². The van der Waals surface area contributed by atoms with E-state index in [0.717, 1.165) is 10.6 Å². The van der Waals surface area contributed by atoms with Crippen LogP contribution in [0.1, 0.15) is 32.8 Å². The molecule has 0 aliphatic carbocycles. The molecule has 1 N–H and O–H groups in total. The van der Waals surface area contributed by atoms with Gasteiger partial charge in [-0.15, -0.1) is 0 Å². The molecule has 11 heteroatoms. The van der Waals surface area contributed by atoms with Crippen LogP contribution < -0.4 is 19.1 Å². The minimum absolute atomic E-state index is 0.0232. The molecule has 0 unspecified atom stereocenters. The monoisotopic (exact) mass is 539 g/mol. The van der Waals surface area contributed by atoms with Crippen LogP contribution in [-0.4, -0.2) is 64.2 Å². The first kappa shape index (κ1) is 29.3. The number of hydrogen-bond donors (Lipinski definition) is 1. The van der Waals surface area contributed by atoms with Crippen molar-refractivity contribution >= 4 is 39.1 Å². The average molecular weight is 540 g/mol. The first-order chi connectivity index (χ1) is 16.9. The number of carbonyl (C=O) groups is 2. The number of carbonyl (C=O) groups excluding carboxylic acids is 2. The summed E-state index contributed by atoms with van der Waals surface area (Å²) >= 11 is 6.36. The predicted molar refractivity (Wildman–Crippen MR) is 141 cm³/mol. The van der Waals surface area contributed by atoms with Crippen molar-refractivity contribution in [1.29, 1.82) is 0 Å². The topological polar surface area (TPSA) is 105 Å². The summed E-state index contributed by atoms with van der Waals surface area (Å²) in [5.41, 5.74) is 0.776. The van der Waals surface area contributed by atoms with E-state index in [1.165, 1.54) is 25.2 Å². The first-order valence-electron chi connectivity index (χ1n) is 11.5. The zero-order valence-electron chi connectivity index (χ0n) is 21.4. The van der Waals surface area contributed by atoms with Crippen molar-refractivity contribution in [2.75, 3.05) is 31.3 Å². The molecule has 0 saturated heterocycles. The van der Waals surface area contributed by atoms with E-state index < -0.39 is 28.5 Å². The molecule has 2 rings (SSSR count). The molecule has 9 nitrogen and oxygen atoms in total. The zero-order chi connectivity index (χ0) is 27.0. The van der Waals surface area contributed by atoms with Gasteiger partial charge in [0, 0.05) is 23.7 Å². The Morgan fingerprint density at radius 2 is 1.75 bits per heavy atom. The van der Waals surface area contributed by atoms with Gasteiger partial charge in [-0.05, 0) is 44.0 Å². The number of ether oxygens (including phenoxy) is 2. The van der Waals surface area contributed by atoms with Crippen molar-refractivity contribution in [3.63, 3.8) is 0 Å². The molecule has 198 valence electrons. The van der Waals surface area contributed by atoms with Gasteiger partial charge in [0.15, 0.2) is 0 Å². The highest BCUT2D eigenvalue weighted by molar-refractivity contribution is 7.92. The number of rotatable bonds is 12. The van der Waals surface area contributed by atoms with E-state index in [0.29, 0.717) is 22.8 Å². The highest BCUT2D eigenvalue weighted by Gasteiger charge is 2.33. The van der Waals surface area contributed by atoms with Crippen LogP contribution in [0.15, 0.2) is 42.5 Å². The normalized spacial score (nSPS) is 12.1. The van der Waals surface area contributed by atoms with Crippen LogP contribution in [0.4, 0.5) is 5.69 Å². The Labute approximate surface area is 218 Å². The molecule has 0 aliphatic rings. The Bertz CT molecular complexity index is 1170. The van der Waals surface area contributed by atoms with Crippen molar-refractivity contribution in [3.8, 4) is 11.5 Å². The molecular weight excluding hydrogens is 506 g/mol. The summed E-state index contributed by atoms with van der Waals surface area (Å²) < 4.78 is 37.2. The number of nitrogens with one attached hydrogen (secondary N) is 1. The third kappa shape index (κ3) is 7.51. The van der Waals surface area contributed by atoms with E-state index in [1.807, 2.05) is 13.8 Å². The van der Waals surface area contributed by atoms with Gasteiger partial charge in [0.2, 0.25) is 21.8 Å². The predicted octanol–water partition coefficient (Wildman–Crippen LogP) is 3.46. The number of hydrogen-bond acceptors (Lipinski definition) is 6. The minimum atomic E-state index is -3.93. The number of benzene rings is 2. The lowest BCUT2D eigenvalue weighted by Crippen LogP contribution is -2.53. The minimum Gasteiger partial charge on any atom is -0.497 e. The van der Waals surface area contributed by atoms with Crippen molar-refractivity contribution in [3.05, 3.63) is 53.1 Å². The fourth-order valence-corrected chi connectivity index (χ4v) is 4.74. The number of halogens is 1. The van der Waals surface area contributed by atoms with E-state index >= 15 is 0 Å². The van der Waals surface area contributed by atoms with Crippen LogP contribution >= 0.6 is 11.6 Å². The molecule has 0 fully saturated rings. The Morgan fingerprint density at radius 1 is 1.08 bits per heavy atom. The van der Waals surface area contributed by atoms with Gasteiger partial charge in [0.05, 0.1) is 26.2 Å². The van der Waals surface area contributed by atoms with Gasteiger partial charge < -0.3 is 19.7 Å². The second-order valence-electron chi connectivity index (χ2n) is 8.51. The second-order valence-corrected chi connectivity index (χ2v) is 10.8. The lowest BCUT2D eigenvalue weighted by Gasteiger charge is -2.33. The summed E-state index contributed by atoms with van der Waals surface area (Å²) in [7, 11) is -1.08. The van der Waals surface area contributed by atoms with E-state index in [-0.39, 0.29) is 29.9 Å². The largest absolute Gasteiger partial charge is 0.497 e. The average Bonchev–Trinajstić information content (AvgIpc) is 2.81. The van der Waals surface area contributed by atoms with Crippen LogP contribution in [0.2, 0.25) is 5.02 Å². The third-order valence-electron chi connectivity index (χ3n) is 5.45. The quantitative estimate of drug-likeness (QED) is 0.443. The van der Waals surface area contributed by atoms with Crippen molar-refractivity contribution in [2.45, 2.75) is 45.8 Å². The molecule has 2 amide bonds. The van der Waals surface area contributed by atoms with Crippen LogP contribution in [0.5, 0.6) is 11.5 Å². The molecule has 36 heavy (non-hydrogen) atoms. The van der Waals surface area contributed by atoms with Gasteiger partial charge in [-0.3, -0.25) is 13.9 Å². The van der Waals surface area contributed by atoms with E-state index in [1.54, 1.807) is 43.3 Å². The Balaban J connectivity index is 2.55. The molecule has 0 saturated carbocycles. The zero-order valence-corrected chi connectivity index (χ0v) is 23.0. The summed E-state index contributed by atoms with van der Waals surface area (Å²) in [6.07, 6.45) is 1.32. The molecule has 0 bridgehead atoms. The van der Waals surface area contributed by atoms with Crippen LogP contribution in [0, 0.1) is 0 Å². The van der Waals surface area contributed by atoms with Gasteiger partial charge in [0.1, 0.15) is 24.1 Å². The summed E-state index contributed by atoms with van der Waals surface area (Å²) in [5.74, 6) is -0.271. The van der Waals surface area contributed by atoms with Gasteiger partial charge in [-0.1, -0.05) is 36.7 Å². The molecule has 2 aromatic rings. The van der Waals surface area contributed by atoms with E-state index in [2.05, 4.69) is 5.32 Å². The fourth-order valence-electron chi connectivity index (χ4n) is 3.70. The maximum absolute atomic E-state index is 13.8. The summed E-state index contributed by atoms with van der Waals surface area (Å²) in [4.78, 5) is 28.2. The number of sulfonamides is 1. The molecule has 0 spiro atoms. The van der Waals surface area contributed by atoms with Gasteiger partial charge in [0.25, 0.3) is 0 Å². The standard InChI is InChI=1S/C25H34ClN3O6S/c1-7-21(25(31)27-17(2)3)28(15-18-10-8-9-11-20(18)26)24(30)16-29(36(6,32)33)22-14-19(34-4)12-13-23(22)35-5/h8-14,17,21H,7,15-16H2,1-6H3,(H,27,31)/t21-/m1/s1. The summed E-state index contributed by atoms with van der Waals surface area (Å²) in [5, 5.41) is 3.28. The van der Waals surface area contributed by atoms with Crippen LogP contribution in [0.3, 0.4) is 0 Å². The Kier molecular flexibility index (Phi) is 10.4. The van der Waals surface area contributed by atoms with Crippen LogP contribution in [0.25, 0.3) is 0 Å². The number of nitrogens with zero attached hydrogens (tertiary/aromatic N) is 2. The second kappa shape index (κ2) is 12.8. The van der Waals surface area contributed by atoms with Crippen LogP contribution in [-0.2, 0) is 26.2 Å². The Morgan fingerprint density at radius 3 is 2.28 bits per heavy atom. The molecular formula is C25H34ClN3O6S. The molecule has 0 radical (unpaired) electrons. The molecule has 0 heterocycles. The molecule has 0 aromatic heterocycles. The molecule has 2 aromatic carbocycles. The summed E-state index contributed by atoms with van der Waals surface area (Å²) in [6.45, 7) is 4.90. The third-order valence-corrected chi connectivity index (χ3v) is 6.94. The number of anilines is 1. The van der Waals surface area contributed by atoms with Crippen molar-refractivity contribution in [2.24, 2.45) is 0 Å². The van der Waals surface area contributed by atoms with Gasteiger partial charge in [-0.25, -0.2) is 8.42 Å². The smallest absolute Gasteiger partial charge is 0.244 e. The van der Waals surface area contributed by atoms with Gasteiger partial charge in [-0.2, -0.15) is 0 Å². The van der Waals surface area contributed by atoms with E-state index in [9.17, 15) is 18.0 Å². The fraction of sp³-hybridized carbons (Fsp3) is 0.440. The molecule has 1 atom stereocenters. The highest BCUT2D eigenvalue weighted by Crippen LogP contribution is 2.34. The first-order valence-corrected chi connectivity index (χ1v) is 13.7. The number of methoxy groups -OCH3 is 2. The lowest BCUT2D eigenvalue weighted by atomic mass is 10.1. The van der Waals surface area contributed by atoms with Gasteiger partial charge >= 0.3 is 0 Å². The lowest BCUT2D eigenvalue weighted by molar-refractivity contribution is -0.140. The maximum Gasteiger partial charge on any atom is 0.244 e. The molecule has 0 aliphatic heterocycles. The summed E-state index contributed by atoms with van der Waals surface area (Å²) in [6, 6.07) is 10.7. The number of amides is 2. The maximum atomic E-state index is 13.8. The van der Waals surface area contributed by atoms with Crippen molar-refractivity contribution in [1.82, 2.24) is 10.2 Å². The van der Waals surface area contributed by atoms with Crippen molar-refractivity contribution < 1.29 is 27.5 Å². The Hall–Kier alpha value is -2.98.